The van der Waals surface area contributed by atoms with Crippen molar-refractivity contribution in [3.05, 3.63) is 35.1 Å². The molecule has 100 valence electrons. The highest BCUT2D eigenvalue weighted by Crippen LogP contribution is 2.30. The fourth-order valence-corrected chi connectivity index (χ4v) is 1.42. The Morgan fingerprint density at radius 1 is 1.39 bits per heavy atom. The number of benzene rings is 1. The van der Waals surface area contributed by atoms with E-state index in [1.807, 2.05) is 0 Å². The molecule has 0 saturated carbocycles. The Hall–Kier alpha value is -1.63. The molecular formula is C11H11F4NO2. The van der Waals surface area contributed by atoms with E-state index in [2.05, 4.69) is 4.74 Å². The zero-order valence-electron chi connectivity index (χ0n) is 9.42. The van der Waals surface area contributed by atoms with Gasteiger partial charge in [0, 0.05) is 0 Å². The van der Waals surface area contributed by atoms with Crippen LogP contribution in [0.15, 0.2) is 18.2 Å². The second kappa shape index (κ2) is 5.34. The lowest BCUT2D eigenvalue weighted by atomic mass is 10.0. The molecule has 2 N–H and O–H groups in total. The number of halogens is 4. The molecule has 0 amide bonds. The Kier molecular flexibility index (Phi) is 4.28. The summed E-state index contributed by atoms with van der Waals surface area (Å²) in [5.41, 5.74) is 4.26. The number of rotatable bonds is 3. The number of nitrogens with two attached hydrogens (primary N) is 1. The van der Waals surface area contributed by atoms with Gasteiger partial charge in [-0.15, -0.1) is 0 Å². The van der Waals surface area contributed by atoms with Crippen LogP contribution in [0.1, 0.15) is 11.1 Å². The van der Waals surface area contributed by atoms with Gasteiger partial charge in [-0.2, -0.15) is 13.2 Å². The molecular weight excluding hydrogens is 254 g/mol. The van der Waals surface area contributed by atoms with Gasteiger partial charge in [0.25, 0.3) is 0 Å². The molecule has 1 rings (SSSR count). The Morgan fingerprint density at radius 3 is 2.50 bits per heavy atom. The lowest BCUT2D eigenvalue weighted by Crippen LogP contribution is -2.33. The van der Waals surface area contributed by atoms with Crippen LogP contribution in [0, 0.1) is 5.82 Å². The second-order valence-corrected chi connectivity index (χ2v) is 3.68. The summed E-state index contributed by atoms with van der Waals surface area (Å²) in [6, 6.07) is 0.912. The average molecular weight is 265 g/mol. The van der Waals surface area contributed by atoms with Crippen molar-refractivity contribution in [1.29, 1.82) is 0 Å². The van der Waals surface area contributed by atoms with Crippen LogP contribution in [-0.4, -0.2) is 19.1 Å². The normalized spacial score (nSPS) is 13.2. The summed E-state index contributed by atoms with van der Waals surface area (Å²) in [5, 5.41) is 0. The fourth-order valence-electron chi connectivity index (χ4n) is 1.42. The Bertz CT molecular complexity index is 445. The van der Waals surface area contributed by atoms with Crippen molar-refractivity contribution in [2.45, 2.75) is 18.6 Å². The number of hydrogen-bond acceptors (Lipinski definition) is 3. The molecule has 0 bridgehead atoms. The Morgan fingerprint density at radius 2 is 2.00 bits per heavy atom. The maximum absolute atomic E-state index is 13.0. The van der Waals surface area contributed by atoms with E-state index in [0.717, 1.165) is 19.2 Å². The van der Waals surface area contributed by atoms with Gasteiger partial charge in [0.2, 0.25) is 0 Å². The van der Waals surface area contributed by atoms with Crippen molar-refractivity contribution in [3.63, 3.8) is 0 Å². The molecule has 7 heteroatoms. The predicted octanol–water partition coefficient (Wildman–Crippen LogP) is 1.89. The van der Waals surface area contributed by atoms with Gasteiger partial charge in [-0.25, -0.2) is 4.39 Å². The molecule has 0 saturated heterocycles. The summed E-state index contributed by atoms with van der Waals surface area (Å²) in [7, 11) is 1.11. The summed E-state index contributed by atoms with van der Waals surface area (Å²) < 4.78 is 54.6. The summed E-state index contributed by atoms with van der Waals surface area (Å²) in [5.74, 6) is -1.80. The quantitative estimate of drug-likeness (QED) is 0.670. The number of carbonyl (C=O) groups is 1. The van der Waals surface area contributed by atoms with Crippen molar-refractivity contribution in [2.75, 3.05) is 7.11 Å². The first-order valence-corrected chi connectivity index (χ1v) is 4.94. The standard InChI is InChI=1S/C11H11F4NO2/c1-18-10(17)9(16)4-6-2-7(11(13,14)15)5-8(12)3-6/h2-3,5,9H,4,16H2,1H3/t9-/m1/s1. The first-order chi connectivity index (χ1) is 8.24. The van der Waals surface area contributed by atoms with E-state index in [-0.39, 0.29) is 12.0 Å². The van der Waals surface area contributed by atoms with Crippen molar-refractivity contribution in [1.82, 2.24) is 0 Å². The van der Waals surface area contributed by atoms with E-state index in [1.54, 1.807) is 0 Å². The van der Waals surface area contributed by atoms with Gasteiger partial charge in [0.15, 0.2) is 0 Å². The molecule has 0 aliphatic heterocycles. The van der Waals surface area contributed by atoms with Crippen molar-refractivity contribution >= 4 is 5.97 Å². The molecule has 1 aromatic carbocycles. The smallest absolute Gasteiger partial charge is 0.416 e. The van der Waals surface area contributed by atoms with Gasteiger partial charge in [-0.05, 0) is 30.2 Å². The van der Waals surface area contributed by atoms with Crippen LogP contribution < -0.4 is 5.73 Å². The lowest BCUT2D eigenvalue weighted by Gasteiger charge is -2.12. The zero-order valence-corrected chi connectivity index (χ0v) is 9.42. The van der Waals surface area contributed by atoms with Crippen molar-refractivity contribution in [3.8, 4) is 0 Å². The van der Waals surface area contributed by atoms with Crippen LogP contribution in [-0.2, 0) is 22.1 Å². The molecule has 0 unspecified atom stereocenters. The van der Waals surface area contributed by atoms with E-state index in [0.29, 0.717) is 6.07 Å². The molecule has 0 aliphatic rings. The number of hydrogen-bond donors (Lipinski definition) is 1. The molecule has 1 atom stereocenters. The third-order valence-electron chi connectivity index (χ3n) is 2.24. The summed E-state index contributed by atoms with van der Waals surface area (Å²) in [6.45, 7) is 0. The van der Waals surface area contributed by atoms with Crippen LogP contribution in [0.3, 0.4) is 0 Å². The molecule has 0 aromatic heterocycles. The number of carbonyl (C=O) groups excluding carboxylic acids is 1. The van der Waals surface area contributed by atoms with Crippen molar-refractivity contribution < 1.29 is 27.1 Å². The largest absolute Gasteiger partial charge is 0.468 e. The van der Waals surface area contributed by atoms with Crippen LogP contribution in [0.25, 0.3) is 0 Å². The minimum absolute atomic E-state index is 0.0137. The fraction of sp³-hybridized carbons (Fsp3) is 0.364. The van der Waals surface area contributed by atoms with E-state index >= 15 is 0 Å². The highest BCUT2D eigenvalue weighted by molar-refractivity contribution is 5.75. The van der Waals surface area contributed by atoms with Gasteiger partial charge in [-0.1, -0.05) is 0 Å². The molecule has 0 aliphatic carbocycles. The van der Waals surface area contributed by atoms with E-state index < -0.39 is 29.6 Å². The maximum atomic E-state index is 13.0. The number of methoxy groups -OCH3 is 1. The topological polar surface area (TPSA) is 52.3 Å². The Balaban J connectivity index is 2.97. The second-order valence-electron chi connectivity index (χ2n) is 3.68. The van der Waals surface area contributed by atoms with Crippen LogP contribution >= 0.6 is 0 Å². The third-order valence-corrected chi connectivity index (χ3v) is 2.24. The van der Waals surface area contributed by atoms with Gasteiger partial charge < -0.3 is 10.5 Å². The van der Waals surface area contributed by atoms with Gasteiger partial charge in [-0.3, -0.25) is 4.79 Å². The summed E-state index contributed by atoms with van der Waals surface area (Å²) >= 11 is 0. The number of esters is 1. The number of ether oxygens (including phenoxy) is 1. The monoisotopic (exact) mass is 265 g/mol. The van der Waals surface area contributed by atoms with Crippen LogP contribution in [0.5, 0.6) is 0 Å². The minimum atomic E-state index is -4.65. The van der Waals surface area contributed by atoms with Gasteiger partial charge >= 0.3 is 12.1 Å². The highest BCUT2D eigenvalue weighted by atomic mass is 19.4. The maximum Gasteiger partial charge on any atom is 0.416 e. The number of alkyl halides is 3. The molecule has 0 spiro atoms. The first kappa shape index (κ1) is 14.4. The van der Waals surface area contributed by atoms with Crippen LogP contribution in [0.2, 0.25) is 0 Å². The third kappa shape index (κ3) is 3.69. The molecule has 3 nitrogen and oxygen atoms in total. The predicted molar refractivity (Wildman–Crippen MR) is 55.1 cm³/mol. The lowest BCUT2D eigenvalue weighted by molar-refractivity contribution is -0.142. The van der Waals surface area contributed by atoms with Crippen molar-refractivity contribution in [2.24, 2.45) is 5.73 Å². The SMILES string of the molecule is COC(=O)[C@H](N)Cc1cc(F)cc(C(F)(F)F)c1. The summed E-state index contributed by atoms with van der Waals surface area (Å²) in [4.78, 5) is 11.0. The molecule has 0 radical (unpaired) electrons. The minimum Gasteiger partial charge on any atom is -0.468 e. The van der Waals surface area contributed by atoms with Gasteiger partial charge in [0.1, 0.15) is 11.9 Å². The van der Waals surface area contributed by atoms with E-state index in [4.69, 9.17) is 5.73 Å². The summed E-state index contributed by atoms with van der Waals surface area (Å²) in [6.07, 6.45) is -4.88. The zero-order chi connectivity index (χ0) is 13.9. The molecule has 18 heavy (non-hydrogen) atoms. The molecule has 0 heterocycles. The molecule has 1 aromatic rings. The molecule has 0 fully saturated rings. The van der Waals surface area contributed by atoms with Gasteiger partial charge in [0.05, 0.1) is 12.7 Å². The van der Waals surface area contributed by atoms with E-state index in [1.165, 1.54) is 0 Å². The van der Waals surface area contributed by atoms with E-state index in [9.17, 15) is 22.4 Å². The average Bonchev–Trinajstić information content (AvgIpc) is 2.25. The van der Waals surface area contributed by atoms with Crippen LogP contribution in [0.4, 0.5) is 17.6 Å². The highest BCUT2D eigenvalue weighted by Gasteiger charge is 2.31. The first-order valence-electron chi connectivity index (χ1n) is 4.94. The Labute approximate surface area is 101 Å².